The van der Waals surface area contributed by atoms with Gasteiger partial charge >= 0.3 is 0 Å². The zero-order valence-corrected chi connectivity index (χ0v) is 14.5. The van der Waals surface area contributed by atoms with Crippen molar-refractivity contribution in [3.8, 4) is 5.75 Å². The highest BCUT2D eigenvalue weighted by Gasteiger charge is 2.40. The Labute approximate surface area is 144 Å². The van der Waals surface area contributed by atoms with E-state index in [1.54, 1.807) is 6.07 Å². The summed E-state index contributed by atoms with van der Waals surface area (Å²) in [7, 11) is 0. The summed E-state index contributed by atoms with van der Waals surface area (Å²) in [6.45, 7) is 6.15. The molecule has 0 aliphatic carbocycles. The first-order valence-electron chi connectivity index (χ1n) is 8.77. The van der Waals surface area contributed by atoms with Gasteiger partial charge in [-0.3, -0.25) is 4.90 Å². The Hall–Kier alpha value is -1.84. The van der Waals surface area contributed by atoms with E-state index < -0.39 is 6.10 Å². The van der Waals surface area contributed by atoms with Crippen molar-refractivity contribution in [1.82, 2.24) is 4.90 Å². The molecule has 0 bridgehead atoms. The predicted octanol–water partition coefficient (Wildman–Crippen LogP) is 3.87. The highest BCUT2D eigenvalue weighted by molar-refractivity contribution is 5.34. The van der Waals surface area contributed by atoms with Crippen LogP contribution in [0.1, 0.15) is 43.9 Å². The molecule has 1 aliphatic heterocycles. The molecule has 1 saturated heterocycles. The van der Waals surface area contributed by atoms with Crippen molar-refractivity contribution in [3.63, 3.8) is 0 Å². The Morgan fingerprint density at radius 2 is 1.92 bits per heavy atom. The molecule has 0 amide bonds. The fourth-order valence-corrected chi connectivity index (χ4v) is 3.95. The van der Waals surface area contributed by atoms with Crippen LogP contribution in [0.25, 0.3) is 0 Å². The van der Waals surface area contributed by atoms with Crippen molar-refractivity contribution in [3.05, 3.63) is 65.7 Å². The van der Waals surface area contributed by atoms with Gasteiger partial charge in [-0.25, -0.2) is 0 Å². The number of hydrogen-bond acceptors (Lipinski definition) is 3. The average Bonchev–Trinajstić information content (AvgIpc) is 2.60. The highest BCUT2D eigenvalue weighted by Crippen LogP contribution is 2.40. The molecule has 3 rings (SSSR count). The van der Waals surface area contributed by atoms with Gasteiger partial charge in [-0.15, -0.1) is 0 Å². The number of piperidine rings is 1. The molecule has 0 radical (unpaired) electrons. The van der Waals surface area contributed by atoms with Gasteiger partial charge in [0.2, 0.25) is 0 Å². The lowest BCUT2D eigenvalue weighted by Gasteiger charge is -2.48. The summed E-state index contributed by atoms with van der Waals surface area (Å²) in [6.07, 6.45) is 1.72. The molecule has 0 aromatic heterocycles. The second-order valence-corrected chi connectivity index (χ2v) is 7.17. The third-order valence-corrected chi connectivity index (χ3v) is 5.71. The van der Waals surface area contributed by atoms with Gasteiger partial charge in [0, 0.05) is 18.0 Å². The molecular formula is C21H27NO2. The fraction of sp³-hybridized carbons (Fsp3) is 0.429. The van der Waals surface area contributed by atoms with Crippen LogP contribution >= 0.6 is 0 Å². The maximum Gasteiger partial charge on any atom is 0.115 e. The first-order chi connectivity index (χ1) is 11.5. The van der Waals surface area contributed by atoms with Gasteiger partial charge in [0.15, 0.2) is 0 Å². The van der Waals surface area contributed by atoms with E-state index in [1.807, 2.05) is 42.5 Å². The van der Waals surface area contributed by atoms with Gasteiger partial charge in [0.25, 0.3) is 0 Å². The van der Waals surface area contributed by atoms with Crippen LogP contribution < -0.4 is 0 Å². The number of aromatic hydroxyl groups is 1. The van der Waals surface area contributed by atoms with Crippen LogP contribution in [0.3, 0.4) is 0 Å². The number of aliphatic hydroxyl groups is 1. The van der Waals surface area contributed by atoms with Gasteiger partial charge in [0.1, 0.15) is 5.75 Å². The summed E-state index contributed by atoms with van der Waals surface area (Å²) >= 11 is 0. The summed E-state index contributed by atoms with van der Waals surface area (Å²) in [5.41, 5.74) is 2.12. The van der Waals surface area contributed by atoms with E-state index >= 15 is 0 Å². The molecule has 3 unspecified atom stereocenters. The molecule has 3 heteroatoms. The number of rotatable bonds is 4. The molecule has 24 heavy (non-hydrogen) atoms. The first kappa shape index (κ1) is 17.0. The molecule has 2 aromatic carbocycles. The van der Waals surface area contributed by atoms with Crippen LogP contribution in [-0.2, 0) is 5.41 Å². The molecule has 3 atom stereocenters. The normalized spacial score (nSPS) is 26.2. The minimum atomic E-state index is -0.472. The number of likely N-dealkylation sites (tertiary alicyclic amines) is 1. The SMILES string of the molecule is CC1N(CC(O)c2ccccc2)CCCC1(C)c1cccc(O)c1. The minimum absolute atomic E-state index is 0.0204. The molecule has 0 saturated carbocycles. The number of β-amino-alcohol motifs (C(OH)–C–C–N with tert-alkyl or cyclic N) is 1. The Bertz CT molecular complexity index is 673. The molecule has 0 spiro atoms. The van der Waals surface area contributed by atoms with Gasteiger partial charge in [-0.2, -0.15) is 0 Å². The average molecular weight is 325 g/mol. The Morgan fingerprint density at radius 1 is 1.17 bits per heavy atom. The standard InChI is InChI=1S/C21H27NO2/c1-16-21(2,18-10-6-11-19(23)14-18)12-7-13-22(16)15-20(24)17-8-4-3-5-9-17/h3-6,8-11,14,16,20,23-24H,7,12-13,15H2,1-2H3. The number of hydrogen-bond donors (Lipinski definition) is 2. The monoisotopic (exact) mass is 325 g/mol. The van der Waals surface area contributed by atoms with Crippen LogP contribution in [0.2, 0.25) is 0 Å². The van der Waals surface area contributed by atoms with E-state index in [9.17, 15) is 10.2 Å². The maximum atomic E-state index is 10.6. The number of phenols is 1. The van der Waals surface area contributed by atoms with E-state index in [4.69, 9.17) is 0 Å². The smallest absolute Gasteiger partial charge is 0.115 e. The number of benzene rings is 2. The van der Waals surface area contributed by atoms with Gasteiger partial charge in [0.05, 0.1) is 6.10 Å². The summed E-state index contributed by atoms with van der Waals surface area (Å²) < 4.78 is 0. The number of phenolic OH excluding ortho intramolecular Hbond substituents is 1. The van der Waals surface area contributed by atoms with Gasteiger partial charge in [-0.05, 0) is 49.6 Å². The van der Waals surface area contributed by atoms with Crippen molar-refractivity contribution >= 4 is 0 Å². The van der Waals surface area contributed by atoms with Crippen molar-refractivity contribution in [2.24, 2.45) is 0 Å². The van der Waals surface area contributed by atoms with Gasteiger partial charge < -0.3 is 10.2 Å². The molecule has 2 N–H and O–H groups in total. The van der Waals surface area contributed by atoms with E-state index in [-0.39, 0.29) is 5.41 Å². The molecule has 2 aromatic rings. The van der Waals surface area contributed by atoms with Crippen LogP contribution in [0.15, 0.2) is 54.6 Å². The molecule has 128 valence electrons. The maximum absolute atomic E-state index is 10.6. The van der Waals surface area contributed by atoms with E-state index in [1.165, 1.54) is 5.56 Å². The van der Waals surface area contributed by atoms with Crippen LogP contribution in [0.5, 0.6) is 5.75 Å². The quantitative estimate of drug-likeness (QED) is 0.897. The zero-order chi connectivity index (χ0) is 17.2. The largest absolute Gasteiger partial charge is 0.508 e. The third kappa shape index (κ3) is 3.33. The summed E-state index contributed by atoms with van der Waals surface area (Å²) in [4.78, 5) is 2.38. The summed E-state index contributed by atoms with van der Waals surface area (Å²) in [6, 6.07) is 17.8. The second-order valence-electron chi connectivity index (χ2n) is 7.17. The predicted molar refractivity (Wildman–Crippen MR) is 97.1 cm³/mol. The fourth-order valence-electron chi connectivity index (χ4n) is 3.95. The van der Waals surface area contributed by atoms with Crippen LogP contribution in [0.4, 0.5) is 0 Å². The highest BCUT2D eigenvalue weighted by atomic mass is 16.3. The van der Waals surface area contributed by atoms with Crippen molar-refractivity contribution in [1.29, 1.82) is 0 Å². The van der Waals surface area contributed by atoms with Crippen LogP contribution in [0, 0.1) is 0 Å². The topological polar surface area (TPSA) is 43.7 Å². The number of nitrogens with zero attached hydrogens (tertiary/aromatic N) is 1. The lowest BCUT2D eigenvalue weighted by atomic mass is 9.70. The Kier molecular flexibility index (Phi) is 4.93. The molecular weight excluding hydrogens is 298 g/mol. The van der Waals surface area contributed by atoms with Crippen LogP contribution in [-0.4, -0.2) is 34.2 Å². The Balaban J connectivity index is 1.78. The van der Waals surface area contributed by atoms with E-state index in [0.29, 0.717) is 18.3 Å². The van der Waals surface area contributed by atoms with Crippen molar-refractivity contribution in [2.75, 3.05) is 13.1 Å². The molecule has 3 nitrogen and oxygen atoms in total. The lowest BCUT2D eigenvalue weighted by molar-refractivity contribution is 0.0368. The van der Waals surface area contributed by atoms with Gasteiger partial charge in [-0.1, -0.05) is 49.4 Å². The third-order valence-electron chi connectivity index (χ3n) is 5.71. The van der Waals surface area contributed by atoms with Crippen molar-refractivity contribution in [2.45, 2.75) is 44.2 Å². The number of aliphatic hydroxyl groups excluding tert-OH is 1. The zero-order valence-electron chi connectivity index (χ0n) is 14.5. The van der Waals surface area contributed by atoms with E-state index in [0.717, 1.165) is 24.9 Å². The molecule has 1 heterocycles. The molecule has 1 aliphatic rings. The Morgan fingerprint density at radius 3 is 2.62 bits per heavy atom. The lowest BCUT2D eigenvalue weighted by Crippen LogP contribution is -2.52. The van der Waals surface area contributed by atoms with E-state index in [2.05, 4.69) is 24.8 Å². The minimum Gasteiger partial charge on any atom is -0.508 e. The first-order valence-corrected chi connectivity index (χ1v) is 8.77. The second kappa shape index (κ2) is 6.96. The summed E-state index contributed by atoms with van der Waals surface area (Å²) in [5.74, 6) is 0.322. The molecule has 1 fully saturated rings. The summed E-state index contributed by atoms with van der Waals surface area (Å²) in [5, 5.41) is 20.4. The van der Waals surface area contributed by atoms with Crippen molar-refractivity contribution < 1.29 is 10.2 Å².